The Bertz CT molecular complexity index is 666. The van der Waals surface area contributed by atoms with Crippen molar-refractivity contribution in [3.05, 3.63) is 34.5 Å². The first-order chi connectivity index (χ1) is 8.78. The third-order valence-corrected chi connectivity index (χ3v) is 4.86. The van der Waals surface area contributed by atoms with Crippen LogP contribution in [0.4, 0.5) is 0 Å². The number of Topliss-reactive ketones (excluding diaryl/α,β-unsaturated/α-hetero) is 1. The Morgan fingerprint density at radius 1 is 1.44 bits per heavy atom. The van der Waals surface area contributed by atoms with E-state index in [0.717, 1.165) is 17.2 Å². The lowest BCUT2D eigenvalue weighted by Crippen LogP contribution is -2.09. The van der Waals surface area contributed by atoms with Crippen molar-refractivity contribution in [2.45, 2.75) is 19.9 Å². The highest BCUT2D eigenvalue weighted by atomic mass is 32.1. The van der Waals surface area contributed by atoms with Crippen molar-refractivity contribution in [1.29, 1.82) is 0 Å². The van der Waals surface area contributed by atoms with Crippen molar-refractivity contribution in [2.75, 3.05) is 0 Å². The van der Waals surface area contributed by atoms with Crippen LogP contribution in [0.5, 0.6) is 0 Å². The van der Waals surface area contributed by atoms with Gasteiger partial charge in [0.15, 0.2) is 5.78 Å². The number of fused-ring (bicyclic) bond motifs is 1. The van der Waals surface area contributed by atoms with E-state index in [1.165, 1.54) is 15.7 Å². The Hall–Kier alpha value is -1.53. The molecule has 0 fully saturated rings. The molecule has 0 radical (unpaired) electrons. The Morgan fingerprint density at radius 3 is 3.11 bits per heavy atom. The largest absolute Gasteiger partial charge is 0.293 e. The van der Waals surface area contributed by atoms with E-state index >= 15 is 0 Å². The summed E-state index contributed by atoms with van der Waals surface area (Å²) in [5.41, 5.74) is 0. The second-order valence-corrected chi connectivity index (χ2v) is 5.88. The lowest BCUT2D eigenvalue weighted by molar-refractivity contribution is 0.0993. The van der Waals surface area contributed by atoms with E-state index in [1.807, 2.05) is 18.4 Å². The highest BCUT2D eigenvalue weighted by Crippen LogP contribution is 2.30. The Balaban J connectivity index is 1.85. The number of carbonyl (C=O) groups excluding carboxylic acids is 1. The smallest absolute Gasteiger partial charge is 0.180 e. The molecule has 4 nitrogen and oxygen atoms in total. The van der Waals surface area contributed by atoms with Crippen LogP contribution in [0.1, 0.15) is 22.4 Å². The molecule has 0 N–H and O–H groups in total. The van der Waals surface area contributed by atoms with Crippen molar-refractivity contribution in [3.8, 4) is 0 Å². The van der Waals surface area contributed by atoms with Crippen molar-refractivity contribution in [3.63, 3.8) is 0 Å². The first kappa shape index (κ1) is 11.6. The van der Waals surface area contributed by atoms with E-state index in [0.29, 0.717) is 6.42 Å². The van der Waals surface area contributed by atoms with Crippen molar-refractivity contribution in [1.82, 2.24) is 14.8 Å². The van der Waals surface area contributed by atoms with Gasteiger partial charge in [0, 0.05) is 15.9 Å². The van der Waals surface area contributed by atoms with Crippen LogP contribution in [0.2, 0.25) is 0 Å². The van der Waals surface area contributed by atoms with Gasteiger partial charge >= 0.3 is 0 Å². The molecule has 0 unspecified atom stereocenters. The molecule has 18 heavy (non-hydrogen) atoms. The van der Waals surface area contributed by atoms with Gasteiger partial charge in [0.25, 0.3) is 0 Å². The zero-order valence-corrected chi connectivity index (χ0v) is 11.4. The number of carbonyl (C=O) groups is 1. The van der Waals surface area contributed by atoms with Crippen LogP contribution in [-0.4, -0.2) is 20.5 Å². The molecule has 0 atom stereocenters. The summed E-state index contributed by atoms with van der Waals surface area (Å²) < 4.78 is 4.12. The van der Waals surface area contributed by atoms with Crippen LogP contribution in [0, 0.1) is 0 Å². The number of hydrogen-bond donors (Lipinski definition) is 0. The molecule has 92 valence electrons. The zero-order chi connectivity index (χ0) is 12.5. The fraction of sp³-hybridized carbons (Fsp3) is 0.250. The summed E-state index contributed by atoms with van der Waals surface area (Å²) in [6.45, 7) is 2.73. The molecule has 3 rings (SSSR count). The predicted molar refractivity (Wildman–Crippen MR) is 73.4 cm³/mol. The lowest BCUT2D eigenvalue weighted by Gasteiger charge is -2.00. The number of aromatic nitrogens is 3. The zero-order valence-electron chi connectivity index (χ0n) is 9.79. The van der Waals surface area contributed by atoms with Crippen LogP contribution >= 0.6 is 22.7 Å². The number of rotatable bonds is 4. The predicted octanol–water partition coefficient (Wildman–Crippen LogP) is 3.00. The van der Waals surface area contributed by atoms with Gasteiger partial charge in [0.1, 0.15) is 12.2 Å². The van der Waals surface area contributed by atoms with Gasteiger partial charge in [0.05, 0.1) is 11.3 Å². The molecule has 0 saturated heterocycles. The minimum absolute atomic E-state index is 0.117. The summed E-state index contributed by atoms with van der Waals surface area (Å²) >= 11 is 3.22. The molecular formula is C12H11N3OS2. The Morgan fingerprint density at radius 2 is 2.33 bits per heavy atom. The monoisotopic (exact) mass is 277 g/mol. The second-order valence-electron chi connectivity index (χ2n) is 3.85. The highest BCUT2D eigenvalue weighted by molar-refractivity contribution is 7.27. The first-order valence-corrected chi connectivity index (χ1v) is 7.34. The minimum atomic E-state index is 0.117. The van der Waals surface area contributed by atoms with Gasteiger partial charge in [-0.3, -0.25) is 4.79 Å². The average Bonchev–Trinajstić information content (AvgIpc) is 3.02. The molecule has 0 aliphatic heterocycles. The van der Waals surface area contributed by atoms with Crippen LogP contribution < -0.4 is 0 Å². The van der Waals surface area contributed by atoms with E-state index in [2.05, 4.69) is 16.1 Å². The number of nitrogens with zero attached hydrogens (tertiary/aromatic N) is 3. The van der Waals surface area contributed by atoms with E-state index in [9.17, 15) is 4.79 Å². The molecule has 0 amide bonds. The standard InChI is InChI=1S/C12H11N3OS2/c1-2-15-12(13-7-14-15)5-8(16)10-6-11-9(18-10)3-4-17-11/h3-4,6-7H,2,5H2,1H3. The second kappa shape index (κ2) is 4.62. The summed E-state index contributed by atoms with van der Waals surface area (Å²) in [6.07, 6.45) is 1.82. The van der Waals surface area contributed by atoms with Crippen LogP contribution in [0.15, 0.2) is 23.8 Å². The molecular weight excluding hydrogens is 266 g/mol. The lowest BCUT2D eigenvalue weighted by atomic mass is 10.2. The normalized spacial score (nSPS) is 11.2. The molecule has 0 spiro atoms. The van der Waals surface area contributed by atoms with Gasteiger partial charge in [-0.25, -0.2) is 9.67 Å². The van der Waals surface area contributed by atoms with Gasteiger partial charge in [-0.1, -0.05) is 0 Å². The third-order valence-electron chi connectivity index (χ3n) is 2.73. The summed E-state index contributed by atoms with van der Waals surface area (Å²) in [7, 11) is 0. The molecule has 3 heterocycles. The van der Waals surface area contributed by atoms with Crippen molar-refractivity contribution in [2.24, 2.45) is 0 Å². The maximum atomic E-state index is 12.2. The third kappa shape index (κ3) is 1.97. The Kier molecular flexibility index (Phi) is 2.97. The molecule has 3 aromatic rings. The molecule has 0 bridgehead atoms. The molecule has 3 aromatic heterocycles. The van der Waals surface area contributed by atoms with Crippen molar-refractivity contribution >= 4 is 37.9 Å². The molecule has 0 saturated carbocycles. The SMILES string of the molecule is CCn1ncnc1CC(=O)c1cc2sccc2s1. The van der Waals surface area contributed by atoms with Crippen LogP contribution in [-0.2, 0) is 13.0 Å². The number of hydrogen-bond acceptors (Lipinski definition) is 5. The number of thiophene rings is 2. The first-order valence-electron chi connectivity index (χ1n) is 5.65. The fourth-order valence-corrected chi connectivity index (χ4v) is 3.87. The number of aryl methyl sites for hydroxylation is 1. The minimum Gasteiger partial charge on any atom is -0.293 e. The average molecular weight is 277 g/mol. The van der Waals surface area contributed by atoms with Crippen LogP contribution in [0.25, 0.3) is 9.40 Å². The Labute approximate surface area is 112 Å². The summed E-state index contributed by atoms with van der Waals surface area (Å²) in [5.74, 6) is 0.852. The molecule has 0 aliphatic carbocycles. The van der Waals surface area contributed by atoms with Crippen molar-refractivity contribution < 1.29 is 4.79 Å². The molecule has 0 aromatic carbocycles. The van der Waals surface area contributed by atoms with Gasteiger partial charge in [-0.2, -0.15) is 5.10 Å². The van der Waals surface area contributed by atoms with Gasteiger partial charge in [0.2, 0.25) is 0 Å². The molecule has 0 aliphatic rings. The quantitative estimate of drug-likeness (QED) is 0.689. The summed E-state index contributed by atoms with van der Waals surface area (Å²) in [6, 6.07) is 4.02. The van der Waals surface area contributed by atoms with Gasteiger partial charge < -0.3 is 0 Å². The van der Waals surface area contributed by atoms with Crippen LogP contribution in [0.3, 0.4) is 0 Å². The van der Waals surface area contributed by atoms with E-state index in [1.54, 1.807) is 27.4 Å². The van der Waals surface area contributed by atoms with E-state index < -0.39 is 0 Å². The van der Waals surface area contributed by atoms with Gasteiger partial charge in [-0.15, -0.1) is 22.7 Å². The van der Waals surface area contributed by atoms with E-state index in [4.69, 9.17) is 0 Å². The number of ketones is 1. The van der Waals surface area contributed by atoms with E-state index in [-0.39, 0.29) is 5.78 Å². The summed E-state index contributed by atoms with van der Waals surface area (Å²) in [4.78, 5) is 17.1. The molecule has 6 heteroatoms. The maximum absolute atomic E-state index is 12.2. The summed E-state index contributed by atoms with van der Waals surface area (Å²) in [5, 5.41) is 6.12. The maximum Gasteiger partial charge on any atom is 0.180 e. The fourth-order valence-electron chi connectivity index (χ4n) is 1.82. The van der Waals surface area contributed by atoms with Gasteiger partial charge in [-0.05, 0) is 24.4 Å². The topological polar surface area (TPSA) is 47.8 Å². The highest BCUT2D eigenvalue weighted by Gasteiger charge is 2.14.